The van der Waals surface area contributed by atoms with Crippen LogP contribution in [0.1, 0.15) is 0 Å². The summed E-state index contributed by atoms with van der Waals surface area (Å²) in [4.78, 5) is 0. The quantitative estimate of drug-likeness (QED) is 0.434. The van der Waals surface area contributed by atoms with Gasteiger partial charge in [0, 0.05) is 21.3 Å². The molecule has 0 fully saturated rings. The number of aliphatic hydroxyl groups excluding tert-OH is 3. The fraction of sp³-hybridized carbons (Fsp3) is 1.00. The van der Waals surface area contributed by atoms with Gasteiger partial charge in [-0.2, -0.15) is 0 Å². The van der Waals surface area contributed by atoms with E-state index in [-0.39, 0.29) is 14.1 Å². The highest BCUT2D eigenvalue weighted by molar-refractivity contribution is 3.18. The van der Waals surface area contributed by atoms with Gasteiger partial charge in [-0.05, 0) is 0 Å². The van der Waals surface area contributed by atoms with Gasteiger partial charge in [-0.15, -0.1) is 0 Å². The van der Waals surface area contributed by atoms with Crippen LogP contribution >= 0.6 is 0 Å². The predicted octanol–water partition coefficient (Wildman–Crippen LogP) is -0.717. The van der Waals surface area contributed by atoms with Crippen LogP contribution in [0.25, 0.3) is 0 Å². The summed E-state index contributed by atoms with van der Waals surface area (Å²) in [6.45, 7) is 0. The molecule has 3 N–H and O–H groups in total. The Hall–Kier alpha value is -0.330. The van der Waals surface area contributed by atoms with Gasteiger partial charge in [0.15, 0.2) is 0 Å². The van der Waals surface area contributed by atoms with Gasteiger partial charge >= 0.3 is 0 Å². The Kier molecular flexibility index (Phi) is 24900. The molecular weight excluding hydrogens is 141 g/mol. The van der Waals surface area contributed by atoms with Crippen molar-refractivity contribution in [1.82, 2.24) is 0 Å². The van der Waals surface area contributed by atoms with Gasteiger partial charge in [-0.25, -0.2) is 0 Å². The molecule has 0 saturated carbocycles. The molecular formula is C3H15F3O3. The molecule has 9 heavy (non-hydrogen) atoms. The molecule has 0 atom stereocenters. The van der Waals surface area contributed by atoms with E-state index in [4.69, 9.17) is 15.3 Å². The minimum atomic E-state index is 0. The summed E-state index contributed by atoms with van der Waals surface area (Å²) in [6, 6.07) is 0. The lowest BCUT2D eigenvalue weighted by Gasteiger charge is -1.21. The molecule has 0 spiro atoms. The predicted molar refractivity (Wildman–Crippen MR) is 31.9 cm³/mol. The summed E-state index contributed by atoms with van der Waals surface area (Å²) in [5.41, 5.74) is 0. The standard InChI is InChI=1S/3CH4O.3FH/c3*1-2;;;/h3*2H,1H3;3*1H. The highest BCUT2D eigenvalue weighted by Gasteiger charge is 0.843. The van der Waals surface area contributed by atoms with Crippen molar-refractivity contribution in [2.24, 2.45) is 0 Å². The third kappa shape index (κ3) is 2260. The van der Waals surface area contributed by atoms with Crippen molar-refractivity contribution in [1.29, 1.82) is 0 Å². The van der Waals surface area contributed by atoms with E-state index in [1.54, 1.807) is 0 Å². The molecule has 0 rings (SSSR count). The summed E-state index contributed by atoms with van der Waals surface area (Å²) in [6.07, 6.45) is 0. The van der Waals surface area contributed by atoms with Crippen LogP contribution in [0, 0.1) is 0 Å². The number of aliphatic hydroxyl groups is 3. The molecule has 0 bridgehead atoms. The van der Waals surface area contributed by atoms with Gasteiger partial charge in [0.1, 0.15) is 0 Å². The summed E-state index contributed by atoms with van der Waals surface area (Å²) in [5.74, 6) is 0. The van der Waals surface area contributed by atoms with Crippen LogP contribution in [-0.2, 0) is 0 Å². The Morgan fingerprint density at radius 2 is 0.444 bits per heavy atom. The Balaban J connectivity index is -0.00000000321. The largest absolute Gasteiger partial charge is 0.400 e. The molecule has 0 amide bonds. The van der Waals surface area contributed by atoms with E-state index in [9.17, 15) is 0 Å². The van der Waals surface area contributed by atoms with Crippen LogP contribution in [0.4, 0.5) is 14.1 Å². The molecule has 0 heterocycles. The lowest BCUT2D eigenvalue weighted by atomic mass is 11.8. The average Bonchev–Trinajstić information content (AvgIpc) is 1.81. The Morgan fingerprint density at radius 3 is 0.444 bits per heavy atom. The van der Waals surface area contributed by atoms with Crippen molar-refractivity contribution in [2.45, 2.75) is 0 Å². The summed E-state index contributed by atoms with van der Waals surface area (Å²) >= 11 is 0. The maximum absolute atomic E-state index is 7.00. The van der Waals surface area contributed by atoms with E-state index in [1.807, 2.05) is 0 Å². The van der Waals surface area contributed by atoms with Crippen LogP contribution in [0.3, 0.4) is 0 Å². The average molecular weight is 156 g/mol. The summed E-state index contributed by atoms with van der Waals surface area (Å²) in [7, 11) is 3.00. The first-order valence-electron chi connectivity index (χ1n) is 1.34. The lowest BCUT2D eigenvalue weighted by Crippen LogP contribution is -1.25. The van der Waals surface area contributed by atoms with E-state index in [0.29, 0.717) is 0 Å². The van der Waals surface area contributed by atoms with Crippen LogP contribution < -0.4 is 0 Å². The maximum atomic E-state index is 7.00. The zero-order valence-corrected chi connectivity index (χ0v) is 5.57. The highest BCUT2D eigenvalue weighted by atomic mass is 19.0. The monoisotopic (exact) mass is 156 g/mol. The van der Waals surface area contributed by atoms with Crippen LogP contribution in [0.2, 0.25) is 0 Å². The third-order valence-corrected chi connectivity index (χ3v) is 0. The zero-order valence-electron chi connectivity index (χ0n) is 5.57. The molecule has 0 aliphatic rings. The van der Waals surface area contributed by atoms with Crippen molar-refractivity contribution in [3.8, 4) is 0 Å². The van der Waals surface area contributed by atoms with Crippen molar-refractivity contribution < 1.29 is 29.4 Å². The number of hydrogen-bond acceptors (Lipinski definition) is 3. The van der Waals surface area contributed by atoms with Crippen molar-refractivity contribution in [3.63, 3.8) is 0 Å². The zero-order chi connectivity index (χ0) is 6.00. The molecule has 0 aliphatic carbocycles. The molecule has 66 valence electrons. The molecule has 0 unspecified atom stereocenters. The van der Waals surface area contributed by atoms with Gasteiger partial charge in [0.2, 0.25) is 0 Å². The van der Waals surface area contributed by atoms with E-state index in [1.165, 1.54) is 0 Å². The fourth-order valence-corrected chi connectivity index (χ4v) is 0. The van der Waals surface area contributed by atoms with E-state index in [0.717, 1.165) is 21.3 Å². The van der Waals surface area contributed by atoms with Crippen LogP contribution in [0.15, 0.2) is 0 Å². The third-order valence-electron chi connectivity index (χ3n) is 0. The van der Waals surface area contributed by atoms with Crippen LogP contribution in [0.5, 0.6) is 0 Å². The van der Waals surface area contributed by atoms with Gasteiger partial charge in [-0.3, -0.25) is 14.1 Å². The first kappa shape index (κ1) is 71.5. The molecule has 0 aromatic heterocycles. The second-order valence-electron chi connectivity index (χ2n) is 0. The molecule has 0 aromatic rings. The normalized spacial score (nSPS) is 2.00. The maximum Gasteiger partial charge on any atom is 0.0319 e. The Morgan fingerprint density at radius 1 is 0.444 bits per heavy atom. The number of halogens is 3. The number of hydrogen-bond donors (Lipinski definition) is 3. The second kappa shape index (κ2) is 3130. The minimum absolute atomic E-state index is 0. The summed E-state index contributed by atoms with van der Waals surface area (Å²) in [5, 5.41) is 21.0. The Bertz CT molecular complexity index is 14.3. The van der Waals surface area contributed by atoms with Crippen molar-refractivity contribution >= 4 is 0 Å². The topological polar surface area (TPSA) is 60.7 Å². The minimum Gasteiger partial charge on any atom is -0.400 e. The highest BCUT2D eigenvalue weighted by Crippen LogP contribution is 0.759. The smallest absolute Gasteiger partial charge is 0.0319 e. The van der Waals surface area contributed by atoms with E-state index in [2.05, 4.69) is 0 Å². The molecule has 0 aromatic carbocycles. The van der Waals surface area contributed by atoms with E-state index < -0.39 is 0 Å². The van der Waals surface area contributed by atoms with Gasteiger partial charge in [-0.1, -0.05) is 0 Å². The lowest BCUT2D eigenvalue weighted by molar-refractivity contribution is 0.399. The molecule has 0 saturated heterocycles. The first-order chi connectivity index (χ1) is 3.00. The SMILES string of the molecule is CO.CO.CO.F.F.F. The van der Waals surface area contributed by atoms with Gasteiger partial charge in [0.25, 0.3) is 0 Å². The van der Waals surface area contributed by atoms with Crippen molar-refractivity contribution in [2.75, 3.05) is 21.3 Å². The molecule has 6 heteroatoms. The molecule has 3 nitrogen and oxygen atoms in total. The Labute approximate surface area is 52.0 Å². The first-order valence-corrected chi connectivity index (χ1v) is 1.34. The van der Waals surface area contributed by atoms with E-state index >= 15 is 0 Å². The van der Waals surface area contributed by atoms with Gasteiger partial charge in [0.05, 0.1) is 0 Å². The summed E-state index contributed by atoms with van der Waals surface area (Å²) < 4.78 is 0. The molecule has 0 aliphatic heterocycles. The van der Waals surface area contributed by atoms with Crippen LogP contribution in [-0.4, -0.2) is 36.6 Å². The van der Waals surface area contributed by atoms with Gasteiger partial charge < -0.3 is 15.3 Å². The molecule has 0 radical (unpaired) electrons. The number of rotatable bonds is 0. The second-order valence-corrected chi connectivity index (χ2v) is 0. The van der Waals surface area contributed by atoms with Crippen molar-refractivity contribution in [3.05, 3.63) is 0 Å². The fourth-order valence-electron chi connectivity index (χ4n) is 0.